The summed E-state index contributed by atoms with van der Waals surface area (Å²) in [6, 6.07) is 0.855. The highest BCUT2D eigenvalue weighted by Crippen LogP contribution is 2.42. The minimum absolute atomic E-state index is 0.00827. The van der Waals surface area contributed by atoms with Crippen LogP contribution < -0.4 is 21.5 Å². The molecule has 2 heterocycles. The topological polar surface area (TPSA) is 80.8 Å². The van der Waals surface area contributed by atoms with E-state index in [0.29, 0.717) is 29.3 Å². The van der Waals surface area contributed by atoms with Gasteiger partial charge in [0.25, 0.3) is 0 Å². The van der Waals surface area contributed by atoms with Gasteiger partial charge in [-0.2, -0.15) is 5.43 Å². The Morgan fingerprint density at radius 1 is 1.14 bits per heavy atom. The molecule has 28 heavy (non-hydrogen) atoms. The zero-order chi connectivity index (χ0) is 19.7. The first-order valence-corrected chi connectivity index (χ1v) is 12.5. The molecule has 4 fully saturated rings. The summed E-state index contributed by atoms with van der Waals surface area (Å²) in [4.78, 5) is 12.8. The highest BCUT2D eigenvalue weighted by Gasteiger charge is 2.54. The average molecular weight is 412 g/mol. The van der Waals surface area contributed by atoms with E-state index in [2.05, 4.69) is 29.4 Å². The summed E-state index contributed by atoms with van der Waals surface area (Å²) in [6.07, 6.45) is 11.5. The highest BCUT2D eigenvalue weighted by atomic mass is 32.2. The maximum atomic E-state index is 12.8. The van der Waals surface area contributed by atoms with E-state index in [1.54, 1.807) is 0 Å². The molecule has 2 aliphatic carbocycles. The Morgan fingerprint density at radius 2 is 1.86 bits per heavy atom. The van der Waals surface area contributed by atoms with Gasteiger partial charge in [0.1, 0.15) is 6.04 Å². The molecule has 7 heteroatoms. The summed E-state index contributed by atoms with van der Waals surface area (Å²) in [6.45, 7) is 4.51. The van der Waals surface area contributed by atoms with Crippen molar-refractivity contribution < 1.29 is 14.5 Å². The quantitative estimate of drug-likeness (QED) is 0.520. The molecule has 160 valence electrons. The normalized spacial score (nSPS) is 44.8. The number of nitrogens with one attached hydrogen (secondary N) is 3. The molecule has 6 nitrogen and oxygen atoms in total. The lowest BCUT2D eigenvalue weighted by molar-refractivity contribution is -1.00. The largest absolute Gasteiger partial charge is 0.465 e. The molecule has 0 aromatic carbocycles. The van der Waals surface area contributed by atoms with Gasteiger partial charge in [-0.1, -0.05) is 26.2 Å². The van der Waals surface area contributed by atoms with Gasteiger partial charge in [-0.3, -0.25) is 10.5 Å². The minimum atomic E-state index is -0.272. The maximum Gasteiger partial charge on any atom is 0.328 e. The fourth-order valence-corrected chi connectivity index (χ4v) is 7.96. The van der Waals surface area contributed by atoms with Crippen LogP contribution in [-0.2, 0) is 9.53 Å². The van der Waals surface area contributed by atoms with Gasteiger partial charge in [0.2, 0.25) is 0 Å². The second kappa shape index (κ2) is 9.21. The minimum Gasteiger partial charge on any atom is -0.465 e. The van der Waals surface area contributed by atoms with Gasteiger partial charge in [0.05, 0.1) is 17.9 Å². The third kappa shape index (κ3) is 4.10. The Hall–Kier alpha value is -0.340. The van der Waals surface area contributed by atoms with Crippen LogP contribution in [0, 0.1) is 11.8 Å². The third-order valence-corrected chi connectivity index (χ3v) is 9.22. The van der Waals surface area contributed by atoms with Gasteiger partial charge in [-0.05, 0) is 38.5 Å². The van der Waals surface area contributed by atoms with Crippen LogP contribution in [0.2, 0.25) is 0 Å². The van der Waals surface area contributed by atoms with Crippen LogP contribution in [0.15, 0.2) is 0 Å². The molecule has 8 unspecified atom stereocenters. The Bertz CT molecular complexity index is 530. The second-order valence-electron chi connectivity index (χ2n) is 9.28. The Labute approximate surface area is 174 Å². The predicted octanol–water partition coefficient (Wildman–Crippen LogP) is 1.16. The van der Waals surface area contributed by atoms with Gasteiger partial charge in [-0.25, -0.2) is 5.01 Å². The monoisotopic (exact) mass is 411 g/mol. The van der Waals surface area contributed by atoms with Crippen molar-refractivity contribution in [3.05, 3.63) is 0 Å². The smallest absolute Gasteiger partial charge is 0.328 e. The molecule has 0 bridgehead atoms. The van der Waals surface area contributed by atoms with Gasteiger partial charge in [-0.15, -0.1) is 11.8 Å². The van der Waals surface area contributed by atoms with Crippen LogP contribution in [0.1, 0.15) is 71.6 Å². The number of ether oxygens (including phenoxy) is 1. The lowest BCUT2D eigenvalue weighted by atomic mass is 9.81. The number of rotatable bonds is 4. The van der Waals surface area contributed by atoms with Crippen LogP contribution >= 0.6 is 11.8 Å². The Balaban J connectivity index is 1.55. The molecule has 4 aliphatic rings. The molecule has 5 N–H and O–H groups in total. The van der Waals surface area contributed by atoms with Crippen molar-refractivity contribution in [2.75, 3.05) is 6.61 Å². The number of hydrogen-bond acceptors (Lipinski definition) is 6. The summed E-state index contributed by atoms with van der Waals surface area (Å²) >= 11 is 2.10. The summed E-state index contributed by atoms with van der Waals surface area (Å²) in [5, 5.41) is 6.22. The van der Waals surface area contributed by atoms with Crippen molar-refractivity contribution in [1.82, 2.24) is 10.7 Å². The number of carbonyl (C=O) groups excluding carboxylic acids is 1. The summed E-state index contributed by atoms with van der Waals surface area (Å²) in [5.74, 6) is 0.315. The second-order valence-corrected chi connectivity index (χ2v) is 10.7. The number of quaternary nitrogens is 1. The van der Waals surface area contributed by atoms with Gasteiger partial charge < -0.3 is 10.1 Å². The zero-order valence-corrected chi connectivity index (χ0v) is 18.3. The third-order valence-electron chi connectivity index (χ3n) is 7.57. The van der Waals surface area contributed by atoms with Crippen molar-refractivity contribution in [2.24, 2.45) is 17.6 Å². The van der Waals surface area contributed by atoms with Crippen molar-refractivity contribution >= 4 is 17.7 Å². The SMILES string of the molecule is CCOC(=O)C1N[NH+](C2CCCCC2)C(N)C(C2NC3CCCCC3S2)C1C. The van der Waals surface area contributed by atoms with Crippen molar-refractivity contribution in [3.63, 3.8) is 0 Å². The molecule has 0 radical (unpaired) electrons. The van der Waals surface area contributed by atoms with Crippen molar-refractivity contribution in [3.8, 4) is 0 Å². The molecule has 2 saturated heterocycles. The van der Waals surface area contributed by atoms with E-state index in [-0.39, 0.29) is 30.0 Å². The first-order valence-electron chi connectivity index (χ1n) is 11.6. The molecular formula is C21H39N4O2S+. The number of fused-ring (bicyclic) bond motifs is 1. The maximum absolute atomic E-state index is 12.8. The zero-order valence-electron chi connectivity index (χ0n) is 17.5. The first kappa shape index (κ1) is 20.9. The van der Waals surface area contributed by atoms with E-state index in [9.17, 15) is 4.79 Å². The van der Waals surface area contributed by atoms with E-state index in [4.69, 9.17) is 10.5 Å². The fraction of sp³-hybridized carbons (Fsp3) is 0.952. The van der Waals surface area contributed by atoms with E-state index in [1.807, 2.05) is 6.92 Å². The summed E-state index contributed by atoms with van der Waals surface area (Å²) in [5.41, 5.74) is 10.5. The Kier molecular flexibility index (Phi) is 6.88. The number of hydrogen-bond donors (Lipinski definition) is 4. The molecule has 0 amide bonds. The highest BCUT2D eigenvalue weighted by molar-refractivity contribution is 8.00. The Morgan fingerprint density at radius 3 is 2.57 bits per heavy atom. The average Bonchev–Trinajstić information content (AvgIpc) is 3.12. The summed E-state index contributed by atoms with van der Waals surface area (Å²) < 4.78 is 5.45. The predicted molar refractivity (Wildman–Crippen MR) is 113 cm³/mol. The molecule has 2 saturated carbocycles. The molecular weight excluding hydrogens is 372 g/mol. The van der Waals surface area contributed by atoms with Crippen LogP contribution in [0.25, 0.3) is 0 Å². The van der Waals surface area contributed by atoms with Crippen molar-refractivity contribution in [1.29, 1.82) is 0 Å². The number of thioether (sulfide) groups is 1. The standard InChI is InChI=1S/C21H38N4O2S/c1-3-27-21(26)18-13(2)17(20-23-15-11-7-8-12-16(15)28-20)19(22)25(24-18)14-9-5-4-6-10-14/h13-20,23-24H,3-12,22H2,1-2H3/p+1. The van der Waals surface area contributed by atoms with Crippen molar-refractivity contribution in [2.45, 2.75) is 107 Å². The van der Waals surface area contributed by atoms with Gasteiger partial charge in [0, 0.05) is 24.1 Å². The van der Waals surface area contributed by atoms with Crippen LogP contribution in [0.3, 0.4) is 0 Å². The van der Waals surface area contributed by atoms with E-state index < -0.39 is 0 Å². The number of esters is 1. The van der Waals surface area contributed by atoms with E-state index >= 15 is 0 Å². The number of carbonyl (C=O) groups is 1. The summed E-state index contributed by atoms with van der Waals surface area (Å²) in [7, 11) is 0. The molecule has 0 aromatic heterocycles. The number of nitrogens with two attached hydrogens (primary N) is 1. The van der Waals surface area contributed by atoms with Gasteiger partial charge >= 0.3 is 5.97 Å². The lowest BCUT2D eigenvalue weighted by Gasteiger charge is -2.48. The molecule has 0 aromatic rings. The molecule has 0 spiro atoms. The van der Waals surface area contributed by atoms with Crippen LogP contribution in [0.5, 0.6) is 0 Å². The van der Waals surface area contributed by atoms with E-state index in [1.165, 1.54) is 62.8 Å². The van der Waals surface area contributed by atoms with E-state index in [0.717, 1.165) is 0 Å². The molecule has 4 rings (SSSR count). The van der Waals surface area contributed by atoms with Gasteiger partial charge in [0.15, 0.2) is 12.2 Å². The molecule has 8 atom stereocenters. The lowest BCUT2D eigenvalue weighted by Crippen LogP contribution is -3.29. The van der Waals surface area contributed by atoms with Crippen LogP contribution in [0.4, 0.5) is 0 Å². The first-order chi connectivity index (χ1) is 13.6. The fourth-order valence-electron chi connectivity index (χ4n) is 6.03. The van der Waals surface area contributed by atoms with Crippen LogP contribution in [-0.4, -0.2) is 47.5 Å². The molecule has 2 aliphatic heterocycles.